The minimum Gasteiger partial charge on any atom is -0.383 e. The highest BCUT2D eigenvalue weighted by molar-refractivity contribution is 4.80. The number of nitrogens with two attached hydrogens (primary N) is 1. The molecule has 1 rings (SSSR count). The summed E-state index contributed by atoms with van der Waals surface area (Å²) in [5, 5.41) is 0. The first-order valence-electron chi connectivity index (χ1n) is 5.36. The summed E-state index contributed by atoms with van der Waals surface area (Å²) < 4.78 is 10.7. The average Bonchev–Trinajstić information content (AvgIpc) is 2.19. The highest BCUT2D eigenvalue weighted by Crippen LogP contribution is 2.08. The van der Waals surface area contributed by atoms with Gasteiger partial charge in [-0.1, -0.05) is 6.92 Å². The lowest BCUT2D eigenvalue weighted by Crippen LogP contribution is -2.52. The molecule has 1 aliphatic rings. The molecule has 0 aromatic heterocycles. The molecular formula is C10H22N2O2. The van der Waals surface area contributed by atoms with Gasteiger partial charge in [0, 0.05) is 20.2 Å². The monoisotopic (exact) mass is 202 g/mol. The van der Waals surface area contributed by atoms with Crippen LogP contribution in [0.4, 0.5) is 0 Å². The number of rotatable bonds is 5. The number of nitrogens with zero attached hydrogens (tertiary/aromatic N) is 1. The van der Waals surface area contributed by atoms with Gasteiger partial charge in [-0.3, -0.25) is 4.90 Å². The van der Waals surface area contributed by atoms with Gasteiger partial charge in [0.1, 0.15) is 0 Å². The first kappa shape index (κ1) is 11.9. The van der Waals surface area contributed by atoms with E-state index in [0.717, 1.165) is 26.2 Å². The van der Waals surface area contributed by atoms with E-state index >= 15 is 0 Å². The molecule has 14 heavy (non-hydrogen) atoms. The molecule has 0 amide bonds. The molecule has 4 heteroatoms. The van der Waals surface area contributed by atoms with E-state index in [1.807, 2.05) is 0 Å². The van der Waals surface area contributed by atoms with Crippen molar-refractivity contribution in [2.75, 3.05) is 40.0 Å². The van der Waals surface area contributed by atoms with Crippen molar-refractivity contribution in [2.45, 2.75) is 25.5 Å². The maximum absolute atomic E-state index is 5.94. The molecule has 4 nitrogen and oxygen atoms in total. The third-order valence-corrected chi connectivity index (χ3v) is 2.55. The second kappa shape index (κ2) is 6.35. The van der Waals surface area contributed by atoms with Crippen LogP contribution in [0.15, 0.2) is 0 Å². The number of methoxy groups -OCH3 is 1. The van der Waals surface area contributed by atoms with Gasteiger partial charge in [0.25, 0.3) is 0 Å². The lowest BCUT2D eigenvalue weighted by Gasteiger charge is -2.35. The van der Waals surface area contributed by atoms with Crippen LogP contribution in [0.25, 0.3) is 0 Å². The lowest BCUT2D eigenvalue weighted by molar-refractivity contribution is -0.0506. The average molecular weight is 202 g/mol. The van der Waals surface area contributed by atoms with Gasteiger partial charge in [0.15, 0.2) is 0 Å². The normalized spacial score (nSPS) is 26.4. The summed E-state index contributed by atoms with van der Waals surface area (Å²) in [7, 11) is 1.67. The zero-order valence-corrected chi connectivity index (χ0v) is 9.24. The zero-order valence-electron chi connectivity index (χ0n) is 9.24. The fourth-order valence-electron chi connectivity index (χ4n) is 1.81. The van der Waals surface area contributed by atoms with Crippen LogP contribution in [-0.2, 0) is 9.47 Å². The van der Waals surface area contributed by atoms with Gasteiger partial charge in [-0.25, -0.2) is 0 Å². The maximum Gasteiger partial charge on any atom is 0.0875 e. The molecule has 0 bridgehead atoms. The number of morpholine rings is 1. The Kier molecular flexibility index (Phi) is 5.40. The summed E-state index contributed by atoms with van der Waals surface area (Å²) >= 11 is 0. The molecule has 84 valence electrons. The first-order valence-corrected chi connectivity index (χ1v) is 5.36. The standard InChI is InChI=1S/C10H22N2O2/c1-3-4-12-5-6-14-10(7-12)9(11)8-13-2/h9-10H,3-8,11H2,1-2H3. The van der Waals surface area contributed by atoms with Crippen LogP contribution < -0.4 is 5.73 Å². The van der Waals surface area contributed by atoms with E-state index in [-0.39, 0.29) is 12.1 Å². The van der Waals surface area contributed by atoms with Crippen molar-refractivity contribution in [1.82, 2.24) is 4.90 Å². The molecule has 2 N–H and O–H groups in total. The number of hydrogen-bond donors (Lipinski definition) is 1. The Morgan fingerprint density at radius 3 is 3.07 bits per heavy atom. The van der Waals surface area contributed by atoms with Crippen LogP contribution in [0.1, 0.15) is 13.3 Å². The molecule has 1 fully saturated rings. The molecule has 0 aromatic carbocycles. The van der Waals surface area contributed by atoms with Crippen molar-refractivity contribution < 1.29 is 9.47 Å². The van der Waals surface area contributed by atoms with E-state index in [0.29, 0.717) is 6.61 Å². The molecular weight excluding hydrogens is 180 g/mol. The smallest absolute Gasteiger partial charge is 0.0875 e. The Hall–Kier alpha value is -0.160. The summed E-state index contributed by atoms with van der Waals surface area (Å²) in [5.41, 5.74) is 5.94. The Bertz CT molecular complexity index is 149. The number of ether oxygens (including phenoxy) is 2. The Balaban J connectivity index is 2.31. The second-order valence-corrected chi connectivity index (χ2v) is 3.83. The molecule has 1 saturated heterocycles. The maximum atomic E-state index is 5.94. The van der Waals surface area contributed by atoms with Crippen molar-refractivity contribution in [3.05, 3.63) is 0 Å². The van der Waals surface area contributed by atoms with Crippen LogP contribution in [0, 0.1) is 0 Å². The molecule has 1 heterocycles. The molecule has 1 aliphatic heterocycles. The quantitative estimate of drug-likeness (QED) is 0.685. The summed E-state index contributed by atoms with van der Waals surface area (Å²) in [6.45, 7) is 6.67. The Morgan fingerprint density at radius 2 is 2.43 bits per heavy atom. The zero-order chi connectivity index (χ0) is 10.4. The van der Waals surface area contributed by atoms with Crippen LogP contribution in [0.2, 0.25) is 0 Å². The van der Waals surface area contributed by atoms with E-state index < -0.39 is 0 Å². The Morgan fingerprint density at radius 1 is 1.64 bits per heavy atom. The minimum atomic E-state index is -0.000318. The minimum absolute atomic E-state index is 0.000318. The van der Waals surface area contributed by atoms with Crippen molar-refractivity contribution in [3.63, 3.8) is 0 Å². The predicted molar refractivity (Wildman–Crippen MR) is 56.3 cm³/mol. The topological polar surface area (TPSA) is 47.7 Å². The van der Waals surface area contributed by atoms with Gasteiger partial charge >= 0.3 is 0 Å². The summed E-state index contributed by atoms with van der Waals surface area (Å²) in [5.74, 6) is 0. The van der Waals surface area contributed by atoms with Crippen LogP contribution in [0.5, 0.6) is 0 Å². The highest BCUT2D eigenvalue weighted by Gasteiger charge is 2.25. The lowest BCUT2D eigenvalue weighted by atomic mass is 10.1. The van der Waals surface area contributed by atoms with Gasteiger partial charge < -0.3 is 15.2 Å². The van der Waals surface area contributed by atoms with E-state index in [9.17, 15) is 0 Å². The van der Waals surface area contributed by atoms with Crippen LogP contribution in [-0.4, -0.2) is 57.0 Å². The van der Waals surface area contributed by atoms with E-state index in [2.05, 4.69) is 11.8 Å². The van der Waals surface area contributed by atoms with Crippen molar-refractivity contribution in [3.8, 4) is 0 Å². The van der Waals surface area contributed by atoms with E-state index in [4.69, 9.17) is 15.2 Å². The fraction of sp³-hybridized carbons (Fsp3) is 1.00. The van der Waals surface area contributed by atoms with Crippen molar-refractivity contribution >= 4 is 0 Å². The van der Waals surface area contributed by atoms with Gasteiger partial charge in [0.2, 0.25) is 0 Å². The summed E-state index contributed by atoms with van der Waals surface area (Å²) in [4.78, 5) is 2.41. The molecule has 0 spiro atoms. The molecule has 2 atom stereocenters. The number of hydrogen-bond acceptors (Lipinski definition) is 4. The molecule has 2 unspecified atom stereocenters. The molecule has 0 aromatic rings. The van der Waals surface area contributed by atoms with Crippen LogP contribution >= 0.6 is 0 Å². The SMILES string of the molecule is CCCN1CCOC(C(N)COC)C1. The predicted octanol–water partition coefficient (Wildman–Crippen LogP) is 0.0709. The third kappa shape index (κ3) is 3.53. The van der Waals surface area contributed by atoms with Gasteiger partial charge in [-0.05, 0) is 13.0 Å². The van der Waals surface area contributed by atoms with E-state index in [1.165, 1.54) is 6.42 Å². The van der Waals surface area contributed by atoms with Gasteiger partial charge in [0.05, 0.1) is 25.4 Å². The highest BCUT2D eigenvalue weighted by atomic mass is 16.5. The van der Waals surface area contributed by atoms with Gasteiger partial charge in [-0.2, -0.15) is 0 Å². The second-order valence-electron chi connectivity index (χ2n) is 3.83. The fourth-order valence-corrected chi connectivity index (χ4v) is 1.81. The Labute approximate surface area is 86.3 Å². The van der Waals surface area contributed by atoms with E-state index in [1.54, 1.807) is 7.11 Å². The first-order chi connectivity index (χ1) is 6.77. The summed E-state index contributed by atoms with van der Waals surface area (Å²) in [6.07, 6.45) is 1.32. The van der Waals surface area contributed by atoms with Gasteiger partial charge in [-0.15, -0.1) is 0 Å². The van der Waals surface area contributed by atoms with Crippen molar-refractivity contribution in [1.29, 1.82) is 0 Å². The molecule has 0 radical (unpaired) electrons. The summed E-state index contributed by atoms with van der Waals surface area (Å²) in [6, 6.07) is -0.000318. The third-order valence-electron chi connectivity index (χ3n) is 2.55. The molecule has 0 aliphatic carbocycles. The van der Waals surface area contributed by atoms with Crippen LogP contribution in [0.3, 0.4) is 0 Å². The largest absolute Gasteiger partial charge is 0.383 e. The van der Waals surface area contributed by atoms with Crippen molar-refractivity contribution in [2.24, 2.45) is 5.73 Å². The molecule has 0 saturated carbocycles.